The molecule has 0 bridgehead atoms. The molecule has 2 unspecified atom stereocenters. The van der Waals surface area contributed by atoms with E-state index in [0.717, 1.165) is 42.3 Å². The van der Waals surface area contributed by atoms with Gasteiger partial charge in [-0.2, -0.15) is 11.8 Å². The molecule has 5 aliphatic heterocycles. The quantitative estimate of drug-likeness (QED) is 0.136. The summed E-state index contributed by atoms with van der Waals surface area (Å²) in [5.74, 6) is 1.89. The van der Waals surface area contributed by atoms with Crippen molar-refractivity contribution in [2.45, 2.75) is 110 Å². The number of halogens is 2. The summed E-state index contributed by atoms with van der Waals surface area (Å²) in [5.41, 5.74) is 10.8. The molecule has 52 heavy (non-hydrogen) atoms. The van der Waals surface area contributed by atoms with E-state index in [1.807, 2.05) is 6.07 Å². The molecule has 2 atom stereocenters. The van der Waals surface area contributed by atoms with Crippen LogP contribution in [0.2, 0.25) is 22.6 Å². The number of thioether (sulfide) groups is 1. The van der Waals surface area contributed by atoms with Crippen LogP contribution in [0.3, 0.4) is 0 Å². The van der Waals surface area contributed by atoms with Gasteiger partial charge in [0, 0.05) is 57.8 Å². The number of fused-ring (bicyclic) bond motifs is 8. The molecule has 5 aliphatic rings. The molecule has 3 aromatic carbocycles. The maximum atomic E-state index is 14.3. The first-order chi connectivity index (χ1) is 24.6. The zero-order valence-electron chi connectivity index (χ0n) is 32.3. The molecule has 0 saturated carbocycles. The van der Waals surface area contributed by atoms with E-state index in [4.69, 9.17) is 27.9 Å². The fourth-order valence-corrected chi connectivity index (χ4v) is 17.5. The van der Waals surface area contributed by atoms with Crippen molar-refractivity contribution in [2.24, 2.45) is 0 Å². The van der Waals surface area contributed by atoms with E-state index in [9.17, 15) is 4.79 Å². The van der Waals surface area contributed by atoms with Crippen LogP contribution in [-0.4, -0.2) is 50.2 Å². The number of rotatable bonds is 7. The molecular weight excluding hydrogens is 720 g/mol. The van der Waals surface area contributed by atoms with Gasteiger partial charge in [0.25, 0.3) is 0 Å². The third-order valence-corrected chi connectivity index (χ3v) is 19.6. The first kappa shape index (κ1) is 36.3. The smallest absolute Gasteiger partial charge is 0.341 e. The third kappa shape index (κ3) is 5.02. The summed E-state index contributed by atoms with van der Waals surface area (Å²) < 4.78 is 6.99. The van der Waals surface area contributed by atoms with Gasteiger partial charge >= 0.3 is 5.97 Å². The normalized spacial score (nSPS) is 24.4. The summed E-state index contributed by atoms with van der Waals surface area (Å²) in [7, 11) is -0.319. The molecule has 0 aromatic heterocycles. The van der Waals surface area contributed by atoms with Gasteiger partial charge in [-0.05, 0) is 136 Å². The number of unbranched alkanes of at least 4 members (excludes halogenated alkanes) is 2. The minimum absolute atomic E-state index is 0.0989. The molecule has 8 rings (SSSR count). The van der Waals surface area contributed by atoms with Gasteiger partial charge in [0.2, 0.25) is 0 Å². The van der Waals surface area contributed by atoms with Crippen LogP contribution < -0.4 is 20.2 Å². The lowest BCUT2D eigenvalue weighted by atomic mass is 9.74. The molecule has 0 fully saturated rings. The number of ether oxygens (including phenoxy) is 1. The van der Waals surface area contributed by atoms with Gasteiger partial charge < -0.3 is 14.5 Å². The average Bonchev–Trinajstić information content (AvgIpc) is 3.41. The van der Waals surface area contributed by atoms with Crippen molar-refractivity contribution < 1.29 is 9.53 Å². The average molecular weight is 772 g/mol. The second-order valence-corrected chi connectivity index (χ2v) is 23.4. The zero-order valence-corrected chi connectivity index (χ0v) is 35.6. The maximum absolute atomic E-state index is 14.3. The van der Waals surface area contributed by atoms with Gasteiger partial charge in [-0.25, -0.2) is 4.79 Å². The van der Waals surface area contributed by atoms with E-state index < -0.39 is 19.6 Å². The van der Waals surface area contributed by atoms with E-state index >= 15 is 0 Å². The number of likely N-dealkylation sites (N-methyl/N-ethyl adjacent to an activating group) is 1. The van der Waals surface area contributed by atoms with Crippen LogP contribution in [0.15, 0.2) is 42.5 Å². The highest BCUT2D eigenvalue weighted by Crippen LogP contribution is 2.57. The zero-order chi connectivity index (χ0) is 37.1. The lowest BCUT2D eigenvalue weighted by Gasteiger charge is -2.52. The van der Waals surface area contributed by atoms with E-state index in [2.05, 4.69) is 114 Å². The molecule has 3 aromatic rings. The van der Waals surface area contributed by atoms with Gasteiger partial charge in [0.1, 0.15) is 8.07 Å². The number of benzene rings is 3. The largest absolute Gasteiger partial charge is 0.440 e. The molecular formula is C44H52Cl2N2O2SSi. The molecule has 0 N–H and O–H groups in total. The second-order valence-electron chi connectivity index (χ2n) is 17.1. The minimum atomic E-state index is -2.54. The molecule has 8 heteroatoms. The van der Waals surface area contributed by atoms with E-state index in [1.54, 1.807) is 6.07 Å². The summed E-state index contributed by atoms with van der Waals surface area (Å²) in [5, 5.41) is 3.71. The van der Waals surface area contributed by atoms with Crippen molar-refractivity contribution in [3.8, 4) is 0 Å². The lowest BCUT2D eigenvalue weighted by molar-refractivity contribution is 0.0255. The Hall–Kier alpha value is -2.64. The molecule has 4 nitrogen and oxygen atoms in total. The first-order valence-electron chi connectivity index (χ1n) is 19.2. The van der Waals surface area contributed by atoms with Crippen LogP contribution in [0.25, 0.3) is 11.1 Å². The summed E-state index contributed by atoms with van der Waals surface area (Å²) in [4.78, 5) is 19.4. The maximum Gasteiger partial charge on any atom is 0.341 e. The number of carbonyl (C=O) groups excluding carboxylic acids is 1. The van der Waals surface area contributed by atoms with Gasteiger partial charge in [0.15, 0.2) is 5.60 Å². The van der Waals surface area contributed by atoms with Crippen LogP contribution in [0, 0.1) is 0 Å². The Morgan fingerprint density at radius 3 is 2.37 bits per heavy atom. The number of allylic oxidation sites excluding steroid dienone is 2. The van der Waals surface area contributed by atoms with Crippen molar-refractivity contribution in [2.75, 3.05) is 34.9 Å². The Labute approximate surface area is 326 Å². The van der Waals surface area contributed by atoms with Gasteiger partial charge in [-0.1, -0.05) is 61.7 Å². The summed E-state index contributed by atoms with van der Waals surface area (Å²) in [6, 6.07) is 12.0. The first-order valence-corrected chi connectivity index (χ1v) is 23.8. The van der Waals surface area contributed by atoms with Gasteiger partial charge in [-0.3, -0.25) is 0 Å². The molecule has 1 spiro atoms. The summed E-state index contributed by atoms with van der Waals surface area (Å²) >= 11 is 16.3. The van der Waals surface area contributed by atoms with Crippen molar-refractivity contribution in [1.29, 1.82) is 0 Å². The third-order valence-electron chi connectivity index (χ3n) is 13.0. The molecule has 274 valence electrons. The Morgan fingerprint density at radius 1 is 0.923 bits per heavy atom. The highest BCUT2D eigenvalue weighted by atomic mass is 35.5. The fourth-order valence-electron chi connectivity index (χ4n) is 10.3. The summed E-state index contributed by atoms with van der Waals surface area (Å²) in [6.07, 6.45) is 10.6. The number of hydrogen-bond donors (Lipinski definition) is 0. The van der Waals surface area contributed by atoms with Gasteiger partial charge in [0.05, 0.1) is 21.7 Å². The number of nitrogens with zero attached hydrogens (tertiary/aromatic N) is 2. The Balaban J connectivity index is 1.51. The van der Waals surface area contributed by atoms with Crippen molar-refractivity contribution >= 4 is 81.9 Å². The Morgan fingerprint density at radius 2 is 1.62 bits per heavy atom. The fraction of sp³-hybridized carbons (Fsp3) is 0.477. The van der Waals surface area contributed by atoms with Crippen LogP contribution in [0.4, 0.5) is 11.4 Å². The van der Waals surface area contributed by atoms with Crippen molar-refractivity contribution in [3.63, 3.8) is 0 Å². The summed E-state index contributed by atoms with van der Waals surface area (Å²) in [6.45, 7) is 19.7. The Bertz CT molecular complexity index is 2120. The second kappa shape index (κ2) is 12.4. The predicted octanol–water partition coefficient (Wildman–Crippen LogP) is 10.5. The van der Waals surface area contributed by atoms with Crippen molar-refractivity contribution in [3.05, 3.63) is 91.5 Å². The SMILES string of the molecule is CCCCCSCC[Si]1(C)c2cc3c(cc2C2(OC(=O)c4c(Cl)ccc(Cl)c42)c2cc4c5c(c21)CCCN5C(C)(C)C=C4C)C(C)=CC(C)(C)N3C. The Kier molecular flexibility index (Phi) is 8.70. The highest BCUT2D eigenvalue weighted by Gasteiger charge is 2.60. The number of carbonyl (C=O) groups is 1. The van der Waals surface area contributed by atoms with E-state index in [0.29, 0.717) is 21.2 Å². The lowest BCUT2D eigenvalue weighted by Crippen LogP contribution is -2.67. The predicted molar refractivity (Wildman–Crippen MR) is 227 cm³/mol. The standard InChI is InChI=1S/C44H52Cl2N2O2SSi/c1-10-11-12-18-51-19-20-52(9)36-23-35-29(26(2)24-42(4,5)47(35)8)21-31(36)44(38-34(46)16-15-33(45)37(38)41(49)50-44)32-22-30-27(3)25-43(6,7)48-17-13-14-28(39(30)48)40(32)52/h15-16,21-25H,10-14,17-20H2,1-9H3. The number of anilines is 2. The van der Waals surface area contributed by atoms with Crippen LogP contribution in [-0.2, 0) is 16.8 Å². The van der Waals surface area contributed by atoms with Crippen LogP contribution >= 0.6 is 35.0 Å². The molecule has 0 saturated heterocycles. The molecule has 0 radical (unpaired) electrons. The van der Waals surface area contributed by atoms with Crippen molar-refractivity contribution in [1.82, 2.24) is 0 Å². The minimum Gasteiger partial charge on any atom is -0.440 e. The topological polar surface area (TPSA) is 32.8 Å². The monoisotopic (exact) mass is 770 g/mol. The molecule has 0 aliphatic carbocycles. The molecule has 0 amide bonds. The van der Waals surface area contributed by atoms with E-state index in [1.165, 1.54) is 74.6 Å². The van der Waals surface area contributed by atoms with Gasteiger partial charge in [-0.15, -0.1) is 0 Å². The van der Waals surface area contributed by atoms with Crippen LogP contribution in [0.1, 0.15) is 118 Å². The molecule has 5 heterocycles. The number of esters is 1. The van der Waals surface area contributed by atoms with Crippen LogP contribution in [0.5, 0.6) is 0 Å². The highest BCUT2D eigenvalue weighted by molar-refractivity contribution is 7.99. The number of hydrogen-bond acceptors (Lipinski definition) is 5. The van der Waals surface area contributed by atoms with E-state index in [-0.39, 0.29) is 11.1 Å².